The molecule has 106 valence electrons. The summed E-state index contributed by atoms with van der Waals surface area (Å²) >= 11 is 7.44. The monoisotopic (exact) mass is 300 g/mol. The molecule has 0 bridgehead atoms. The van der Waals surface area contributed by atoms with Gasteiger partial charge < -0.3 is 10.2 Å². The van der Waals surface area contributed by atoms with Gasteiger partial charge in [0.25, 0.3) is 0 Å². The Morgan fingerprint density at radius 1 is 1.53 bits per heavy atom. The first-order chi connectivity index (χ1) is 9.11. The van der Waals surface area contributed by atoms with E-state index >= 15 is 0 Å². The molecule has 19 heavy (non-hydrogen) atoms. The highest BCUT2D eigenvalue weighted by molar-refractivity contribution is 7.16. The van der Waals surface area contributed by atoms with Gasteiger partial charge in [0, 0.05) is 18.0 Å². The summed E-state index contributed by atoms with van der Waals surface area (Å²) in [5.41, 5.74) is 0. The normalized spacial score (nSPS) is 18.6. The van der Waals surface area contributed by atoms with E-state index in [4.69, 9.17) is 11.6 Å². The summed E-state index contributed by atoms with van der Waals surface area (Å²) < 4.78 is 0.752. The Hall–Kier alpha value is -0.580. The van der Waals surface area contributed by atoms with E-state index in [2.05, 4.69) is 5.32 Å². The Kier molecular flexibility index (Phi) is 5.25. The van der Waals surface area contributed by atoms with E-state index in [1.807, 2.05) is 31.0 Å². The van der Waals surface area contributed by atoms with Crippen LogP contribution in [0.3, 0.4) is 0 Å². The zero-order chi connectivity index (χ0) is 13.8. The molecule has 1 aliphatic rings. The largest absolute Gasteiger partial charge is 0.342 e. The summed E-state index contributed by atoms with van der Waals surface area (Å²) in [7, 11) is 1.99. The molecule has 1 aliphatic heterocycles. The zero-order valence-corrected chi connectivity index (χ0v) is 13.1. The van der Waals surface area contributed by atoms with E-state index in [0.29, 0.717) is 5.92 Å². The van der Waals surface area contributed by atoms with Crippen molar-refractivity contribution in [1.29, 1.82) is 0 Å². The summed E-state index contributed by atoms with van der Waals surface area (Å²) in [4.78, 5) is 15.5. The first kappa shape index (κ1) is 14.8. The molecule has 1 fully saturated rings. The number of nitrogens with one attached hydrogen (secondary N) is 1. The quantitative estimate of drug-likeness (QED) is 0.927. The number of amides is 1. The molecule has 3 nitrogen and oxygen atoms in total. The van der Waals surface area contributed by atoms with Crippen LogP contribution in [0.25, 0.3) is 0 Å². The molecule has 2 rings (SSSR count). The second kappa shape index (κ2) is 6.73. The number of carbonyl (C=O) groups is 1. The minimum atomic E-state index is -0.0710. The fourth-order valence-corrected chi connectivity index (χ4v) is 3.71. The predicted octanol–water partition coefficient (Wildman–Crippen LogP) is 2.96. The number of hydrogen-bond donors (Lipinski definition) is 1. The van der Waals surface area contributed by atoms with Crippen molar-refractivity contribution in [2.75, 3.05) is 26.7 Å². The molecular weight excluding hydrogens is 280 g/mol. The molecule has 0 spiro atoms. The van der Waals surface area contributed by atoms with E-state index in [1.54, 1.807) is 0 Å². The number of nitrogens with zero attached hydrogens (tertiary/aromatic N) is 1. The van der Waals surface area contributed by atoms with Crippen LogP contribution < -0.4 is 5.32 Å². The Labute approximate surface area is 123 Å². The Bertz CT molecular complexity index is 427. The molecule has 0 aliphatic carbocycles. The van der Waals surface area contributed by atoms with Gasteiger partial charge in [-0.2, -0.15) is 0 Å². The lowest BCUT2D eigenvalue weighted by Gasteiger charge is -2.33. The van der Waals surface area contributed by atoms with Gasteiger partial charge in [-0.25, -0.2) is 0 Å². The fourth-order valence-electron chi connectivity index (χ4n) is 2.60. The average Bonchev–Trinajstić information content (AvgIpc) is 2.85. The van der Waals surface area contributed by atoms with Crippen molar-refractivity contribution in [3.8, 4) is 0 Å². The minimum Gasteiger partial charge on any atom is -0.342 e. The molecule has 1 aromatic heterocycles. The lowest BCUT2D eigenvalue weighted by molar-refractivity contribution is -0.133. The molecule has 1 atom stereocenters. The molecular formula is C14H21ClN2OS. The van der Waals surface area contributed by atoms with Crippen molar-refractivity contribution in [3.63, 3.8) is 0 Å². The van der Waals surface area contributed by atoms with E-state index in [1.165, 1.54) is 11.3 Å². The first-order valence-corrected chi connectivity index (χ1v) is 8.00. The van der Waals surface area contributed by atoms with Crippen molar-refractivity contribution in [2.45, 2.75) is 25.7 Å². The Morgan fingerprint density at radius 3 is 2.74 bits per heavy atom. The smallest absolute Gasteiger partial charge is 0.230 e. The van der Waals surface area contributed by atoms with Crippen LogP contribution in [0, 0.1) is 5.92 Å². The molecule has 1 saturated heterocycles. The van der Waals surface area contributed by atoms with Gasteiger partial charge in [-0.15, -0.1) is 11.3 Å². The summed E-state index contributed by atoms with van der Waals surface area (Å²) in [5, 5.41) is 3.22. The van der Waals surface area contributed by atoms with Crippen molar-refractivity contribution in [2.24, 2.45) is 5.92 Å². The van der Waals surface area contributed by atoms with Gasteiger partial charge in [0.15, 0.2) is 0 Å². The number of rotatable bonds is 4. The van der Waals surface area contributed by atoms with Crippen LogP contribution in [0.2, 0.25) is 4.34 Å². The Morgan fingerprint density at radius 2 is 2.21 bits per heavy atom. The maximum atomic E-state index is 12.4. The van der Waals surface area contributed by atoms with E-state index in [0.717, 1.165) is 41.7 Å². The fraction of sp³-hybridized carbons (Fsp3) is 0.643. The lowest BCUT2D eigenvalue weighted by Crippen LogP contribution is -2.42. The third-order valence-electron chi connectivity index (χ3n) is 3.81. The minimum absolute atomic E-state index is 0.0710. The summed E-state index contributed by atoms with van der Waals surface area (Å²) in [5.74, 6) is 0.875. The average molecular weight is 301 g/mol. The first-order valence-electron chi connectivity index (χ1n) is 6.80. The van der Waals surface area contributed by atoms with Gasteiger partial charge in [0.2, 0.25) is 5.91 Å². The third kappa shape index (κ3) is 3.71. The number of halogens is 1. The number of carbonyl (C=O) groups excluding carboxylic acids is 1. The Balaban J connectivity index is 1.90. The van der Waals surface area contributed by atoms with Gasteiger partial charge >= 0.3 is 0 Å². The summed E-state index contributed by atoms with van der Waals surface area (Å²) in [6.45, 7) is 4.80. The molecule has 1 aromatic rings. The third-order valence-corrected chi connectivity index (χ3v) is 5.22. The zero-order valence-electron chi connectivity index (χ0n) is 11.5. The van der Waals surface area contributed by atoms with E-state index in [9.17, 15) is 4.79 Å². The highest BCUT2D eigenvalue weighted by Gasteiger charge is 2.27. The molecule has 5 heteroatoms. The van der Waals surface area contributed by atoms with Crippen LogP contribution >= 0.6 is 22.9 Å². The second-order valence-electron chi connectivity index (χ2n) is 5.19. The van der Waals surface area contributed by atoms with Gasteiger partial charge in [-0.3, -0.25) is 4.79 Å². The second-order valence-corrected chi connectivity index (χ2v) is 6.94. The van der Waals surface area contributed by atoms with Crippen LogP contribution in [0.4, 0.5) is 0 Å². The number of thiophene rings is 1. The summed E-state index contributed by atoms with van der Waals surface area (Å²) in [6.07, 6.45) is 2.20. The number of likely N-dealkylation sites (tertiary alicyclic amines) is 1. The van der Waals surface area contributed by atoms with Crippen LogP contribution in [-0.2, 0) is 4.79 Å². The summed E-state index contributed by atoms with van der Waals surface area (Å²) in [6, 6.07) is 3.83. The SMILES string of the molecule is CNCC1CCN(C(=O)C(C)c2ccc(Cl)s2)CC1. The topological polar surface area (TPSA) is 32.3 Å². The van der Waals surface area contributed by atoms with Crippen molar-refractivity contribution in [1.82, 2.24) is 10.2 Å². The molecule has 2 heterocycles. The van der Waals surface area contributed by atoms with Gasteiger partial charge in [0.1, 0.15) is 0 Å². The molecule has 1 amide bonds. The number of piperidine rings is 1. The van der Waals surface area contributed by atoms with Crippen LogP contribution in [0.5, 0.6) is 0 Å². The highest BCUT2D eigenvalue weighted by atomic mass is 35.5. The van der Waals surface area contributed by atoms with Crippen LogP contribution in [0.1, 0.15) is 30.6 Å². The lowest BCUT2D eigenvalue weighted by atomic mass is 9.95. The van der Waals surface area contributed by atoms with Crippen molar-refractivity contribution in [3.05, 3.63) is 21.3 Å². The maximum Gasteiger partial charge on any atom is 0.230 e. The molecule has 1 unspecified atom stereocenters. The van der Waals surface area contributed by atoms with Gasteiger partial charge in [-0.1, -0.05) is 11.6 Å². The molecule has 0 saturated carbocycles. The van der Waals surface area contributed by atoms with Crippen molar-refractivity contribution < 1.29 is 4.79 Å². The van der Waals surface area contributed by atoms with Crippen LogP contribution in [0.15, 0.2) is 12.1 Å². The predicted molar refractivity (Wildman–Crippen MR) is 81.0 cm³/mol. The van der Waals surface area contributed by atoms with Crippen LogP contribution in [-0.4, -0.2) is 37.5 Å². The van der Waals surface area contributed by atoms with E-state index < -0.39 is 0 Å². The van der Waals surface area contributed by atoms with Crippen molar-refractivity contribution >= 4 is 28.8 Å². The van der Waals surface area contributed by atoms with E-state index in [-0.39, 0.29) is 11.8 Å². The molecule has 0 radical (unpaired) electrons. The highest BCUT2D eigenvalue weighted by Crippen LogP contribution is 2.30. The van der Waals surface area contributed by atoms with Gasteiger partial charge in [-0.05, 0) is 51.4 Å². The molecule has 1 N–H and O–H groups in total. The van der Waals surface area contributed by atoms with Gasteiger partial charge in [0.05, 0.1) is 10.3 Å². The number of hydrogen-bond acceptors (Lipinski definition) is 3. The molecule has 0 aromatic carbocycles. The maximum absolute atomic E-state index is 12.4. The standard InChI is InChI=1S/C14H21ClN2OS/c1-10(12-3-4-13(15)19-12)14(18)17-7-5-11(6-8-17)9-16-2/h3-4,10-11,16H,5-9H2,1-2H3.